The van der Waals surface area contributed by atoms with Crippen LogP contribution < -0.4 is 15.4 Å². The van der Waals surface area contributed by atoms with Crippen molar-refractivity contribution in [1.29, 1.82) is 0 Å². The first-order valence-corrected chi connectivity index (χ1v) is 20.1. The highest BCUT2D eigenvalue weighted by atomic mass is 16.5. The summed E-state index contributed by atoms with van der Waals surface area (Å²) in [6.45, 7) is 7.54. The number of ether oxygens (including phenoxy) is 2. The maximum atomic E-state index is 13.7. The number of imidazole rings is 2. The van der Waals surface area contributed by atoms with Gasteiger partial charge in [0.15, 0.2) is 0 Å². The van der Waals surface area contributed by atoms with E-state index in [9.17, 15) is 19.2 Å². The number of amides is 4. The summed E-state index contributed by atoms with van der Waals surface area (Å²) in [5.41, 5.74) is 7.26. The first-order chi connectivity index (χ1) is 28.7. The van der Waals surface area contributed by atoms with Crippen LogP contribution in [0.2, 0.25) is 0 Å². The van der Waals surface area contributed by atoms with E-state index in [1.165, 1.54) is 7.11 Å². The number of hydrogen-bond donors (Lipinski definition) is 4. The zero-order valence-electron chi connectivity index (χ0n) is 33.6. The lowest BCUT2D eigenvalue weighted by Gasteiger charge is -2.29. The number of benzene rings is 4. The van der Waals surface area contributed by atoms with Crippen LogP contribution in [0.25, 0.3) is 44.2 Å². The summed E-state index contributed by atoms with van der Waals surface area (Å²) in [4.78, 5) is 71.1. The van der Waals surface area contributed by atoms with Crippen molar-refractivity contribution < 1.29 is 28.7 Å². The van der Waals surface area contributed by atoms with Crippen molar-refractivity contribution in [2.24, 2.45) is 5.92 Å². The van der Waals surface area contributed by atoms with Gasteiger partial charge in [0.05, 0.1) is 42.6 Å². The van der Waals surface area contributed by atoms with Crippen LogP contribution in [0.3, 0.4) is 0 Å². The highest BCUT2D eigenvalue weighted by Crippen LogP contribution is 2.43. The molecule has 3 atom stereocenters. The maximum absolute atomic E-state index is 13.7. The Bertz CT molecular complexity index is 2530. The number of carbonyl (C=O) groups excluding carboxylic acids is 4. The Morgan fingerprint density at radius 3 is 2.64 bits per heavy atom. The molecule has 14 heteroatoms. The van der Waals surface area contributed by atoms with Gasteiger partial charge in [0.1, 0.15) is 36.1 Å². The molecule has 0 radical (unpaired) electrons. The number of rotatable bonds is 13. The Morgan fingerprint density at radius 2 is 1.88 bits per heavy atom. The molecule has 6 aromatic rings. The van der Waals surface area contributed by atoms with E-state index in [0.717, 1.165) is 74.8 Å². The molecule has 1 saturated heterocycles. The van der Waals surface area contributed by atoms with Crippen molar-refractivity contribution in [3.8, 4) is 28.1 Å². The lowest BCUT2D eigenvalue weighted by atomic mass is 9.92. The molecule has 59 heavy (non-hydrogen) atoms. The minimum Gasteiger partial charge on any atom is -0.488 e. The fraction of sp³-hybridized carbons (Fsp3) is 0.333. The van der Waals surface area contributed by atoms with E-state index >= 15 is 0 Å². The number of aromatic amines is 2. The number of nitrogens with one attached hydrogen (secondary N) is 4. The molecule has 4 heterocycles. The smallest absolute Gasteiger partial charge is 0.407 e. The van der Waals surface area contributed by atoms with Crippen LogP contribution in [-0.4, -0.2) is 80.3 Å². The van der Waals surface area contributed by atoms with Gasteiger partial charge in [-0.2, -0.15) is 0 Å². The van der Waals surface area contributed by atoms with Gasteiger partial charge in [0.2, 0.25) is 18.2 Å². The predicted octanol–water partition coefficient (Wildman–Crippen LogP) is 6.94. The Morgan fingerprint density at radius 1 is 1.05 bits per heavy atom. The van der Waals surface area contributed by atoms with Crippen LogP contribution >= 0.6 is 0 Å². The second kappa shape index (κ2) is 16.6. The average Bonchev–Trinajstić information content (AvgIpc) is 4.04. The molecule has 0 aliphatic carbocycles. The molecule has 4 aromatic carbocycles. The summed E-state index contributed by atoms with van der Waals surface area (Å²) in [6.07, 6.45) is 4.05. The molecule has 14 nitrogen and oxygen atoms in total. The van der Waals surface area contributed by atoms with Crippen molar-refractivity contribution in [2.75, 3.05) is 20.2 Å². The minimum absolute atomic E-state index is 0.123. The number of nitrogens with zero attached hydrogens (tertiary/aromatic N) is 4. The number of likely N-dealkylation sites (tertiary alicyclic amines) is 1. The normalized spacial score (nSPS) is 15.6. The number of carbonyl (C=O) groups is 4. The van der Waals surface area contributed by atoms with Gasteiger partial charge >= 0.3 is 6.09 Å². The Hall–Kier alpha value is -6.70. The van der Waals surface area contributed by atoms with Crippen LogP contribution in [0.4, 0.5) is 4.79 Å². The van der Waals surface area contributed by atoms with Gasteiger partial charge in [0.25, 0.3) is 0 Å². The zero-order valence-corrected chi connectivity index (χ0v) is 33.6. The lowest BCUT2D eigenvalue weighted by Crippen LogP contribution is -2.51. The van der Waals surface area contributed by atoms with Crippen LogP contribution in [0.1, 0.15) is 74.9 Å². The Balaban J connectivity index is 1.02. The standard InChI is InChI=1S/C45H48N8O6/c1-5-17-52(43(55)40(47-25-54)27-10-7-6-8-11-27)23-38-46-22-35(48-38)29-13-15-31-30(19-29)24-59-37-21-32-28(20-33(31)37)14-16-34-41(32)50-42(49-34)36-12-9-18-53(36)44(56)39(26(2)3)51-45(57)58-4/h6-8,10-11,13-16,19-22,25-26,36,39-40H,5,9,12,17-18,23-24H2,1-4H3,(H,46,48)(H,47,54)(H,49,50)(H,51,57). The molecule has 2 aliphatic heterocycles. The quantitative estimate of drug-likeness (QED) is 0.0910. The monoisotopic (exact) mass is 796 g/mol. The highest BCUT2D eigenvalue weighted by Gasteiger charge is 2.38. The first kappa shape index (κ1) is 39.1. The molecule has 8 rings (SSSR count). The SMILES string of the molecule is CCCN(Cc1ncc(-c2ccc3c(c2)COc2cc4c(ccc5[nH]c(C6CCCN6C(=O)C(NC(=O)OC)C(C)C)nc54)cc2-3)[nH]1)C(=O)C(NC=O)c1ccccc1. The van der Waals surface area contributed by atoms with Gasteiger partial charge in [-0.05, 0) is 77.1 Å². The second-order valence-electron chi connectivity index (χ2n) is 15.5. The van der Waals surface area contributed by atoms with E-state index in [1.54, 1.807) is 11.1 Å². The second-order valence-corrected chi connectivity index (χ2v) is 15.5. The van der Waals surface area contributed by atoms with E-state index in [0.29, 0.717) is 43.3 Å². The summed E-state index contributed by atoms with van der Waals surface area (Å²) in [5, 5.41) is 7.37. The fourth-order valence-corrected chi connectivity index (χ4v) is 8.34. The highest BCUT2D eigenvalue weighted by molar-refractivity contribution is 6.07. The van der Waals surface area contributed by atoms with Gasteiger partial charge in [0, 0.05) is 24.0 Å². The molecule has 0 spiro atoms. The summed E-state index contributed by atoms with van der Waals surface area (Å²) in [5.74, 6) is 1.65. The predicted molar refractivity (Wildman–Crippen MR) is 223 cm³/mol. The molecule has 4 amide bonds. The average molecular weight is 797 g/mol. The topological polar surface area (TPSA) is 175 Å². The molecule has 0 saturated carbocycles. The van der Waals surface area contributed by atoms with Gasteiger partial charge < -0.3 is 39.9 Å². The Labute approximate surface area is 341 Å². The number of methoxy groups -OCH3 is 1. The van der Waals surface area contributed by atoms with Crippen LogP contribution in [0.15, 0.2) is 79.0 Å². The van der Waals surface area contributed by atoms with E-state index in [2.05, 4.69) is 62.0 Å². The van der Waals surface area contributed by atoms with Gasteiger partial charge in [-0.15, -0.1) is 0 Å². The zero-order chi connectivity index (χ0) is 41.2. The Kier molecular flexibility index (Phi) is 11.0. The molecule has 0 bridgehead atoms. The molecule has 304 valence electrons. The van der Waals surface area contributed by atoms with E-state index < -0.39 is 18.2 Å². The molecular weight excluding hydrogens is 749 g/mol. The van der Waals surface area contributed by atoms with Crippen molar-refractivity contribution in [3.63, 3.8) is 0 Å². The minimum atomic E-state index is -0.792. The molecule has 2 aliphatic rings. The number of alkyl carbamates (subject to hydrolysis) is 1. The lowest BCUT2D eigenvalue weighted by molar-refractivity contribution is -0.136. The third-order valence-electron chi connectivity index (χ3n) is 11.3. The third-order valence-corrected chi connectivity index (χ3v) is 11.3. The fourth-order valence-electron chi connectivity index (χ4n) is 8.34. The van der Waals surface area contributed by atoms with Crippen molar-refractivity contribution in [1.82, 2.24) is 40.4 Å². The molecule has 4 N–H and O–H groups in total. The summed E-state index contributed by atoms with van der Waals surface area (Å²) in [7, 11) is 1.29. The van der Waals surface area contributed by atoms with Crippen LogP contribution in [-0.2, 0) is 32.3 Å². The summed E-state index contributed by atoms with van der Waals surface area (Å²) in [6, 6.07) is 22.0. The number of H-pyrrole nitrogens is 2. The van der Waals surface area contributed by atoms with Crippen LogP contribution in [0.5, 0.6) is 5.75 Å². The van der Waals surface area contributed by atoms with Crippen molar-refractivity contribution in [3.05, 3.63) is 102 Å². The van der Waals surface area contributed by atoms with Crippen molar-refractivity contribution >= 4 is 46.1 Å². The maximum Gasteiger partial charge on any atom is 0.407 e. The molecular formula is C45H48N8O6. The molecule has 1 fully saturated rings. The van der Waals surface area contributed by atoms with E-state index in [4.69, 9.17) is 14.5 Å². The van der Waals surface area contributed by atoms with E-state index in [-0.39, 0.29) is 30.3 Å². The summed E-state index contributed by atoms with van der Waals surface area (Å²) < 4.78 is 11.2. The molecule has 3 unspecified atom stereocenters. The van der Waals surface area contributed by atoms with Crippen molar-refractivity contribution in [2.45, 2.75) is 71.3 Å². The first-order valence-electron chi connectivity index (χ1n) is 20.1. The largest absolute Gasteiger partial charge is 0.488 e. The molecule has 2 aromatic heterocycles. The number of fused-ring (bicyclic) bond motifs is 6. The van der Waals surface area contributed by atoms with Gasteiger partial charge in [-0.25, -0.2) is 14.8 Å². The number of aromatic nitrogens is 4. The third kappa shape index (κ3) is 7.69. The summed E-state index contributed by atoms with van der Waals surface area (Å²) >= 11 is 0. The van der Waals surface area contributed by atoms with E-state index in [1.807, 2.05) is 62.1 Å². The van der Waals surface area contributed by atoms with Crippen LogP contribution in [0, 0.1) is 5.92 Å². The van der Waals surface area contributed by atoms with Gasteiger partial charge in [-0.1, -0.05) is 69.3 Å². The van der Waals surface area contributed by atoms with Gasteiger partial charge in [-0.3, -0.25) is 14.4 Å². The number of hydrogen-bond acceptors (Lipinski definition) is 8.